The summed E-state index contributed by atoms with van der Waals surface area (Å²) in [6, 6.07) is 0. The van der Waals surface area contributed by atoms with Gasteiger partial charge in [0.15, 0.2) is 0 Å². The first-order valence-corrected chi connectivity index (χ1v) is 9.09. The Morgan fingerprint density at radius 3 is 2.59 bits per heavy atom. The number of allylic oxidation sites excluding steroid dienone is 1. The molecule has 0 spiro atoms. The van der Waals surface area contributed by atoms with E-state index in [0.29, 0.717) is 24.5 Å². The molecule has 0 radical (unpaired) electrons. The molecule has 29 heavy (non-hydrogen) atoms. The summed E-state index contributed by atoms with van der Waals surface area (Å²) in [4.78, 5) is 30.2. The molecule has 9 nitrogen and oxygen atoms in total. The Kier molecular flexibility index (Phi) is 8.50. The van der Waals surface area contributed by atoms with Crippen molar-refractivity contribution < 1.29 is 19.1 Å². The highest BCUT2D eigenvalue weighted by Gasteiger charge is 2.25. The van der Waals surface area contributed by atoms with Crippen molar-refractivity contribution in [3.63, 3.8) is 0 Å². The van der Waals surface area contributed by atoms with Gasteiger partial charge in [-0.15, -0.1) is 0 Å². The molecule has 0 fully saturated rings. The summed E-state index contributed by atoms with van der Waals surface area (Å²) in [6.07, 6.45) is 5.61. The molecule has 0 unspecified atom stereocenters. The number of likely N-dealkylation sites (N-methyl/N-ethyl adjacent to an activating group) is 1. The van der Waals surface area contributed by atoms with Crippen molar-refractivity contribution in [2.24, 2.45) is 5.73 Å². The van der Waals surface area contributed by atoms with Gasteiger partial charge in [0.25, 0.3) is 5.91 Å². The molecule has 1 aromatic rings. The van der Waals surface area contributed by atoms with E-state index in [-0.39, 0.29) is 5.70 Å². The zero-order valence-corrected chi connectivity index (χ0v) is 18.0. The molecule has 1 rings (SSSR count). The summed E-state index contributed by atoms with van der Waals surface area (Å²) in [6.45, 7) is 11.5. The molecule has 160 valence electrons. The van der Waals surface area contributed by atoms with E-state index in [9.17, 15) is 9.59 Å². The average molecular weight is 405 g/mol. The van der Waals surface area contributed by atoms with Gasteiger partial charge >= 0.3 is 6.09 Å². The lowest BCUT2D eigenvalue weighted by molar-refractivity contribution is -0.119. The van der Waals surface area contributed by atoms with Crippen LogP contribution in [-0.4, -0.2) is 52.8 Å². The van der Waals surface area contributed by atoms with Crippen LogP contribution in [0.2, 0.25) is 0 Å². The van der Waals surface area contributed by atoms with Crippen molar-refractivity contribution in [2.45, 2.75) is 39.8 Å². The Labute approximate surface area is 171 Å². The second-order valence-corrected chi connectivity index (χ2v) is 7.33. The zero-order valence-electron chi connectivity index (χ0n) is 18.0. The van der Waals surface area contributed by atoms with Crippen molar-refractivity contribution >= 4 is 24.2 Å². The number of rotatable bonds is 8. The number of hydrogen-bond donors (Lipinski definition) is 2. The van der Waals surface area contributed by atoms with Crippen LogP contribution in [0.25, 0.3) is 12.2 Å². The van der Waals surface area contributed by atoms with Crippen LogP contribution in [0.4, 0.5) is 4.79 Å². The van der Waals surface area contributed by atoms with Gasteiger partial charge in [-0.25, -0.2) is 9.78 Å². The summed E-state index contributed by atoms with van der Waals surface area (Å²) in [5.41, 5.74) is 7.24. The summed E-state index contributed by atoms with van der Waals surface area (Å²) >= 11 is 0. The van der Waals surface area contributed by atoms with E-state index < -0.39 is 17.6 Å². The van der Waals surface area contributed by atoms with Crippen LogP contribution in [0, 0.1) is 0 Å². The number of methoxy groups -OCH3 is 1. The van der Waals surface area contributed by atoms with E-state index >= 15 is 0 Å². The van der Waals surface area contributed by atoms with Gasteiger partial charge < -0.3 is 25.1 Å². The van der Waals surface area contributed by atoms with Gasteiger partial charge in [-0.2, -0.15) is 0 Å². The van der Waals surface area contributed by atoms with Crippen LogP contribution < -0.4 is 11.1 Å². The molecular formula is C20H31N5O4. The van der Waals surface area contributed by atoms with E-state index in [1.165, 1.54) is 20.4 Å². The number of nitrogens with zero attached hydrogens (tertiary/aromatic N) is 3. The highest BCUT2D eigenvalue weighted by Crippen LogP contribution is 2.14. The summed E-state index contributed by atoms with van der Waals surface area (Å²) < 4.78 is 12.1. The van der Waals surface area contributed by atoms with Gasteiger partial charge in [-0.3, -0.25) is 9.69 Å². The lowest BCUT2D eigenvalue weighted by Gasteiger charge is -2.25. The molecule has 2 amide bonds. The number of amides is 2. The van der Waals surface area contributed by atoms with Crippen molar-refractivity contribution in [1.82, 2.24) is 19.8 Å². The predicted molar refractivity (Wildman–Crippen MR) is 112 cm³/mol. The number of nitrogens with two attached hydrogens (primary N) is 1. The maximum Gasteiger partial charge on any atom is 0.414 e. The Morgan fingerprint density at radius 2 is 2.07 bits per heavy atom. The van der Waals surface area contributed by atoms with E-state index in [1.807, 2.05) is 4.57 Å². The second-order valence-electron chi connectivity index (χ2n) is 7.33. The Morgan fingerprint density at radius 1 is 1.41 bits per heavy atom. The van der Waals surface area contributed by atoms with Crippen LogP contribution in [0.15, 0.2) is 30.6 Å². The fourth-order valence-corrected chi connectivity index (χ4v) is 2.32. The lowest BCUT2D eigenvalue weighted by Crippen LogP contribution is -2.40. The first-order valence-electron chi connectivity index (χ1n) is 9.09. The summed E-state index contributed by atoms with van der Waals surface area (Å²) in [7, 11) is 2.84. The number of ether oxygens (including phenoxy) is 2. The molecule has 0 saturated heterocycles. The molecule has 0 aromatic carbocycles. The number of nitrogens with one attached hydrogen (secondary N) is 1. The minimum absolute atomic E-state index is 0.0251. The van der Waals surface area contributed by atoms with Gasteiger partial charge in [0.2, 0.25) is 0 Å². The lowest BCUT2D eigenvalue weighted by atomic mass is 10.2. The molecule has 0 aliphatic carbocycles. The highest BCUT2D eigenvalue weighted by atomic mass is 16.6. The molecule has 0 bridgehead atoms. The van der Waals surface area contributed by atoms with Crippen LogP contribution in [0.3, 0.4) is 0 Å². The SMILES string of the molecule is C=Cc1ncn(CCNC(=O)/C(=C/OC)N(C)C(=O)OC(C)(C)C)c1/C=C(\C)N. The summed E-state index contributed by atoms with van der Waals surface area (Å²) in [5.74, 6) is -0.476. The van der Waals surface area contributed by atoms with Gasteiger partial charge in [-0.05, 0) is 39.8 Å². The monoisotopic (exact) mass is 405 g/mol. The smallest absolute Gasteiger partial charge is 0.414 e. The van der Waals surface area contributed by atoms with Gasteiger partial charge in [-0.1, -0.05) is 6.58 Å². The molecule has 1 heterocycles. The number of carbonyl (C=O) groups is 2. The van der Waals surface area contributed by atoms with Crippen LogP contribution in [0.5, 0.6) is 0 Å². The van der Waals surface area contributed by atoms with Crippen LogP contribution in [-0.2, 0) is 20.8 Å². The standard InChI is InChI=1S/C20H31N5O4/c1-8-15-16(11-14(2)21)25(13-23-15)10-9-22-18(26)17(12-28-7)24(6)19(27)29-20(3,4)5/h8,11-13H,1,9-10,21H2,2-7H3,(H,22,26)/b14-11+,17-12-. The summed E-state index contributed by atoms with van der Waals surface area (Å²) in [5, 5.41) is 2.76. The molecule has 0 atom stereocenters. The van der Waals surface area contributed by atoms with E-state index in [2.05, 4.69) is 16.9 Å². The first kappa shape index (κ1) is 23.8. The maximum atomic E-state index is 12.6. The molecule has 0 aliphatic rings. The normalized spacial score (nSPS) is 12.3. The molecule has 1 aromatic heterocycles. The van der Waals surface area contributed by atoms with Gasteiger partial charge in [0.05, 0.1) is 24.8 Å². The van der Waals surface area contributed by atoms with Crippen molar-refractivity contribution in [3.8, 4) is 0 Å². The van der Waals surface area contributed by atoms with Crippen LogP contribution >= 0.6 is 0 Å². The third-order valence-electron chi connectivity index (χ3n) is 3.59. The fraction of sp³-hybridized carbons (Fsp3) is 0.450. The second kappa shape index (κ2) is 10.4. The number of imidazole rings is 1. The predicted octanol–water partition coefficient (Wildman–Crippen LogP) is 2.32. The van der Waals surface area contributed by atoms with E-state index in [4.69, 9.17) is 15.2 Å². The van der Waals surface area contributed by atoms with Gasteiger partial charge in [0.1, 0.15) is 17.6 Å². The molecule has 0 aliphatic heterocycles. The third kappa shape index (κ3) is 7.36. The quantitative estimate of drug-likeness (QED) is 0.507. The average Bonchev–Trinajstić information content (AvgIpc) is 2.98. The third-order valence-corrected chi connectivity index (χ3v) is 3.59. The fourth-order valence-electron chi connectivity index (χ4n) is 2.32. The van der Waals surface area contributed by atoms with Crippen molar-refractivity contribution in [1.29, 1.82) is 0 Å². The van der Waals surface area contributed by atoms with Crippen LogP contribution in [0.1, 0.15) is 39.1 Å². The molecule has 0 saturated carbocycles. The van der Waals surface area contributed by atoms with Gasteiger partial charge in [0, 0.05) is 25.8 Å². The van der Waals surface area contributed by atoms with Crippen molar-refractivity contribution in [3.05, 3.63) is 42.0 Å². The zero-order chi connectivity index (χ0) is 22.2. The van der Waals surface area contributed by atoms with E-state index in [1.54, 1.807) is 46.2 Å². The number of hydrogen-bond acceptors (Lipinski definition) is 6. The molecule has 9 heteroatoms. The van der Waals surface area contributed by atoms with Crippen molar-refractivity contribution in [2.75, 3.05) is 20.7 Å². The first-order chi connectivity index (χ1) is 13.5. The number of aromatic nitrogens is 2. The number of carbonyl (C=O) groups excluding carboxylic acids is 2. The maximum absolute atomic E-state index is 12.6. The Hall–Kier alpha value is -3.23. The topological polar surface area (TPSA) is 112 Å². The minimum Gasteiger partial charge on any atom is -0.502 e. The Balaban J connectivity index is 2.83. The molecular weight excluding hydrogens is 374 g/mol. The Bertz CT molecular complexity index is 798. The van der Waals surface area contributed by atoms with E-state index in [0.717, 1.165) is 10.6 Å². The molecule has 3 N–H and O–H groups in total. The highest BCUT2D eigenvalue weighted by molar-refractivity contribution is 5.95. The minimum atomic E-state index is -0.685. The largest absolute Gasteiger partial charge is 0.502 e.